The van der Waals surface area contributed by atoms with Crippen LogP contribution >= 0.6 is 0 Å². The Balaban J connectivity index is 2.01. The molecule has 1 aliphatic rings. The van der Waals surface area contributed by atoms with Crippen LogP contribution in [-0.2, 0) is 6.42 Å². The van der Waals surface area contributed by atoms with Crippen molar-refractivity contribution in [1.82, 2.24) is 5.32 Å². The van der Waals surface area contributed by atoms with Crippen LogP contribution in [0.5, 0.6) is 0 Å². The van der Waals surface area contributed by atoms with Gasteiger partial charge in [0.1, 0.15) is 0 Å². The van der Waals surface area contributed by atoms with Gasteiger partial charge in [0.25, 0.3) is 0 Å². The number of fused-ring (bicyclic) bond motifs is 2. The summed E-state index contributed by atoms with van der Waals surface area (Å²) in [5.41, 5.74) is 5.43. The zero-order chi connectivity index (χ0) is 13.2. The number of rotatable bonds is 3. The Morgan fingerprint density at radius 2 is 1.58 bits per heavy atom. The van der Waals surface area contributed by atoms with Gasteiger partial charge in [-0.1, -0.05) is 48.5 Å². The topological polar surface area (TPSA) is 32.3 Å². The Labute approximate surface area is 114 Å². The second-order valence-corrected chi connectivity index (χ2v) is 5.26. The molecule has 0 heterocycles. The monoisotopic (exact) mass is 253 g/mol. The number of hydrogen-bond donors (Lipinski definition) is 2. The summed E-state index contributed by atoms with van der Waals surface area (Å²) in [5.74, 6) is 0. The zero-order valence-corrected chi connectivity index (χ0v) is 11.1. The van der Waals surface area contributed by atoms with Crippen LogP contribution in [0.3, 0.4) is 0 Å². The largest absolute Gasteiger partial charge is 0.392 e. The average molecular weight is 253 g/mol. The molecule has 0 spiro atoms. The summed E-state index contributed by atoms with van der Waals surface area (Å²) >= 11 is 0. The zero-order valence-electron chi connectivity index (χ0n) is 11.1. The first-order valence-electron chi connectivity index (χ1n) is 6.83. The number of benzene rings is 2. The Kier molecular flexibility index (Phi) is 3.36. The van der Waals surface area contributed by atoms with Gasteiger partial charge in [-0.15, -0.1) is 0 Å². The third-order valence-electron chi connectivity index (χ3n) is 3.73. The minimum absolute atomic E-state index is 0.191. The first kappa shape index (κ1) is 12.4. The van der Waals surface area contributed by atoms with Crippen LogP contribution in [0.4, 0.5) is 0 Å². The summed E-state index contributed by atoms with van der Waals surface area (Å²) in [6.45, 7) is 2.42. The van der Waals surface area contributed by atoms with Crippen molar-refractivity contribution in [2.75, 3.05) is 6.54 Å². The second-order valence-electron chi connectivity index (χ2n) is 5.26. The Morgan fingerprint density at radius 3 is 2.11 bits per heavy atom. The lowest BCUT2D eigenvalue weighted by molar-refractivity contribution is 0.188. The minimum atomic E-state index is -0.332. The lowest BCUT2D eigenvalue weighted by atomic mass is 9.82. The van der Waals surface area contributed by atoms with Gasteiger partial charge in [0.15, 0.2) is 0 Å². The van der Waals surface area contributed by atoms with E-state index in [0.717, 1.165) is 6.42 Å². The van der Waals surface area contributed by atoms with E-state index in [9.17, 15) is 5.11 Å². The maximum absolute atomic E-state index is 9.52. The van der Waals surface area contributed by atoms with E-state index in [0.29, 0.717) is 6.54 Å². The molecule has 2 aromatic carbocycles. The van der Waals surface area contributed by atoms with E-state index in [1.165, 1.54) is 22.3 Å². The molecule has 0 saturated heterocycles. The smallest absolute Gasteiger partial charge is 0.0636 e. The average Bonchev–Trinajstić information content (AvgIpc) is 2.43. The summed E-state index contributed by atoms with van der Waals surface area (Å²) in [5, 5.41) is 13.0. The molecular weight excluding hydrogens is 234 g/mol. The van der Waals surface area contributed by atoms with Crippen molar-refractivity contribution in [3.8, 4) is 0 Å². The van der Waals surface area contributed by atoms with Crippen LogP contribution in [0.25, 0.3) is 0 Å². The fourth-order valence-corrected chi connectivity index (χ4v) is 2.83. The van der Waals surface area contributed by atoms with E-state index in [2.05, 4.69) is 53.8 Å². The van der Waals surface area contributed by atoms with Crippen molar-refractivity contribution in [3.05, 3.63) is 70.8 Å². The van der Waals surface area contributed by atoms with Crippen LogP contribution in [0.1, 0.15) is 35.2 Å². The summed E-state index contributed by atoms with van der Waals surface area (Å²) in [6.07, 6.45) is 0.667. The predicted molar refractivity (Wildman–Crippen MR) is 77.2 cm³/mol. The molecule has 2 heteroatoms. The van der Waals surface area contributed by atoms with Crippen molar-refractivity contribution in [2.45, 2.75) is 25.5 Å². The van der Waals surface area contributed by atoms with Gasteiger partial charge in [0, 0.05) is 6.54 Å². The highest BCUT2D eigenvalue weighted by Crippen LogP contribution is 2.34. The molecule has 0 aromatic heterocycles. The maximum Gasteiger partial charge on any atom is 0.0636 e. The molecule has 0 saturated carbocycles. The van der Waals surface area contributed by atoms with Crippen LogP contribution in [-0.4, -0.2) is 17.8 Å². The van der Waals surface area contributed by atoms with Crippen LogP contribution in [0.15, 0.2) is 48.5 Å². The van der Waals surface area contributed by atoms with Gasteiger partial charge in [-0.25, -0.2) is 0 Å². The molecule has 2 N–H and O–H groups in total. The molecule has 1 unspecified atom stereocenters. The van der Waals surface area contributed by atoms with Crippen molar-refractivity contribution in [3.63, 3.8) is 0 Å². The summed E-state index contributed by atoms with van der Waals surface area (Å²) < 4.78 is 0. The number of nitrogens with one attached hydrogen (secondary N) is 1. The third-order valence-corrected chi connectivity index (χ3v) is 3.73. The van der Waals surface area contributed by atoms with Gasteiger partial charge in [0.2, 0.25) is 0 Å². The van der Waals surface area contributed by atoms with E-state index in [-0.39, 0.29) is 12.1 Å². The van der Waals surface area contributed by atoms with Crippen molar-refractivity contribution >= 4 is 0 Å². The minimum Gasteiger partial charge on any atom is -0.392 e. The number of aliphatic hydroxyl groups is 1. The van der Waals surface area contributed by atoms with E-state index >= 15 is 0 Å². The van der Waals surface area contributed by atoms with Crippen molar-refractivity contribution in [1.29, 1.82) is 0 Å². The third kappa shape index (κ3) is 2.42. The first-order chi connectivity index (χ1) is 9.25. The highest BCUT2D eigenvalue weighted by Gasteiger charge is 2.24. The molecule has 3 rings (SSSR count). The molecule has 2 nitrogen and oxygen atoms in total. The molecule has 0 bridgehead atoms. The van der Waals surface area contributed by atoms with Crippen LogP contribution < -0.4 is 5.32 Å². The second kappa shape index (κ2) is 5.16. The first-order valence-corrected chi connectivity index (χ1v) is 6.83. The normalized spacial score (nSPS) is 15.7. The van der Waals surface area contributed by atoms with Crippen LogP contribution in [0, 0.1) is 0 Å². The molecule has 0 aliphatic heterocycles. The maximum atomic E-state index is 9.52. The summed E-state index contributed by atoms with van der Waals surface area (Å²) in [6, 6.07) is 17.3. The molecule has 2 aromatic rings. The van der Waals surface area contributed by atoms with Gasteiger partial charge in [-0.05, 0) is 35.6 Å². The van der Waals surface area contributed by atoms with E-state index < -0.39 is 0 Å². The molecule has 1 atom stereocenters. The fourth-order valence-electron chi connectivity index (χ4n) is 2.83. The molecule has 0 fully saturated rings. The SMILES string of the molecule is CC(O)CNC1c2ccccc2Cc2ccccc21. The molecule has 0 radical (unpaired) electrons. The highest BCUT2D eigenvalue weighted by molar-refractivity contribution is 5.48. The van der Waals surface area contributed by atoms with E-state index in [4.69, 9.17) is 0 Å². The van der Waals surface area contributed by atoms with Crippen molar-refractivity contribution < 1.29 is 5.11 Å². The molecule has 0 amide bonds. The quantitative estimate of drug-likeness (QED) is 0.881. The Morgan fingerprint density at radius 1 is 1.05 bits per heavy atom. The molecule has 19 heavy (non-hydrogen) atoms. The highest BCUT2D eigenvalue weighted by atomic mass is 16.3. The summed E-state index contributed by atoms with van der Waals surface area (Å²) in [4.78, 5) is 0. The van der Waals surface area contributed by atoms with Gasteiger partial charge < -0.3 is 10.4 Å². The van der Waals surface area contributed by atoms with Gasteiger partial charge in [-0.2, -0.15) is 0 Å². The van der Waals surface area contributed by atoms with Gasteiger partial charge in [-0.3, -0.25) is 0 Å². The van der Waals surface area contributed by atoms with E-state index in [1.54, 1.807) is 0 Å². The Hall–Kier alpha value is -1.64. The van der Waals surface area contributed by atoms with Gasteiger partial charge in [0.05, 0.1) is 12.1 Å². The standard InChI is InChI=1S/C17H19NO/c1-12(19)11-18-17-15-8-4-2-6-13(15)10-14-7-3-5-9-16(14)17/h2-9,12,17-19H,10-11H2,1H3. The Bertz CT molecular complexity index is 531. The lowest BCUT2D eigenvalue weighted by Gasteiger charge is -2.29. The molecule has 98 valence electrons. The molecule has 1 aliphatic carbocycles. The van der Waals surface area contributed by atoms with Crippen LogP contribution in [0.2, 0.25) is 0 Å². The lowest BCUT2D eigenvalue weighted by Crippen LogP contribution is -2.32. The number of hydrogen-bond acceptors (Lipinski definition) is 2. The summed E-state index contributed by atoms with van der Waals surface area (Å²) in [7, 11) is 0. The van der Waals surface area contributed by atoms with E-state index in [1.807, 2.05) is 6.92 Å². The molecular formula is C17H19NO. The van der Waals surface area contributed by atoms with Gasteiger partial charge >= 0.3 is 0 Å². The fraction of sp³-hybridized carbons (Fsp3) is 0.294. The number of aliphatic hydroxyl groups excluding tert-OH is 1. The van der Waals surface area contributed by atoms with Crippen molar-refractivity contribution in [2.24, 2.45) is 0 Å². The predicted octanol–water partition coefficient (Wildman–Crippen LogP) is 2.65.